The molecule has 1 fully saturated rings. The molecule has 3 heteroatoms. The number of aliphatic imine (C=N–C) groups is 1. The minimum absolute atomic E-state index is 0.360. The molecule has 2 N–H and O–H groups in total. The molecule has 19 heavy (non-hydrogen) atoms. The van der Waals surface area contributed by atoms with Gasteiger partial charge in [0.15, 0.2) is 5.96 Å². The number of benzene rings is 1. The molecule has 102 valence electrons. The van der Waals surface area contributed by atoms with E-state index in [4.69, 9.17) is 5.73 Å². The van der Waals surface area contributed by atoms with Gasteiger partial charge >= 0.3 is 0 Å². The van der Waals surface area contributed by atoms with Crippen LogP contribution in [0.25, 0.3) is 0 Å². The number of nitrogens with zero attached hydrogens (tertiary/aromatic N) is 2. The predicted molar refractivity (Wildman–Crippen MR) is 79.1 cm³/mol. The van der Waals surface area contributed by atoms with Crippen molar-refractivity contribution in [3.63, 3.8) is 0 Å². The van der Waals surface area contributed by atoms with E-state index in [1.54, 1.807) is 0 Å². The van der Waals surface area contributed by atoms with Crippen molar-refractivity contribution in [3.05, 3.63) is 35.4 Å². The van der Waals surface area contributed by atoms with Gasteiger partial charge in [-0.2, -0.15) is 0 Å². The van der Waals surface area contributed by atoms with Crippen molar-refractivity contribution in [1.82, 2.24) is 4.90 Å². The monoisotopic (exact) mass is 257 g/mol. The zero-order chi connectivity index (χ0) is 13.2. The van der Waals surface area contributed by atoms with E-state index in [9.17, 15) is 0 Å². The summed E-state index contributed by atoms with van der Waals surface area (Å²) in [5.74, 6) is 0.753. The van der Waals surface area contributed by atoms with Gasteiger partial charge in [-0.3, -0.25) is 4.99 Å². The summed E-state index contributed by atoms with van der Waals surface area (Å²) in [5, 5.41) is 0. The van der Waals surface area contributed by atoms with Gasteiger partial charge < -0.3 is 10.6 Å². The van der Waals surface area contributed by atoms with Crippen molar-refractivity contribution >= 4 is 5.96 Å². The van der Waals surface area contributed by atoms with Crippen LogP contribution >= 0.6 is 0 Å². The highest BCUT2D eigenvalue weighted by atomic mass is 15.3. The first-order valence-electron chi connectivity index (χ1n) is 7.47. The minimum atomic E-state index is 0.360. The molecule has 1 unspecified atom stereocenters. The first-order chi connectivity index (χ1) is 9.31. The summed E-state index contributed by atoms with van der Waals surface area (Å²) in [7, 11) is 0. The molecule has 0 saturated heterocycles. The SMILES string of the molecule is CCc1ccccc1C1CN=C(N)N1C1CCCC1. The Morgan fingerprint density at radius 1 is 1.26 bits per heavy atom. The van der Waals surface area contributed by atoms with Gasteiger partial charge in [0.2, 0.25) is 0 Å². The minimum Gasteiger partial charge on any atom is -0.370 e. The molecule has 0 bridgehead atoms. The molecule has 1 aromatic rings. The zero-order valence-corrected chi connectivity index (χ0v) is 11.7. The van der Waals surface area contributed by atoms with Gasteiger partial charge in [0.1, 0.15) is 0 Å². The largest absolute Gasteiger partial charge is 0.370 e. The molecule has 1 atom stereocenters. The third kappa shape index (κ3) is 2.22. The Hall–Kier alpha value is -1.51. The molecule has 2 aliphatic rings. The second-order valence-electron chi connectivity index (χ2n) is 5.61. The Balaban J connectivity index is 1.91. The van der Waals surface area contributed by atoms with Crippen LogP contribution in [0.15, 0.2) is 29.3 Å². The number of aryl methyl sites for hydroxylation is 1. The van der Waals surface area contributed by atoms with Crippen LogP contribution in [-0.4, -0.2) is 23.4 Å². The standard InChI is InChI=1S/C16H23N3/c1-2-12-7-3-6-10-14(12)15-11-18-16(17)19(15)13-8-4-5-9-13/h3,6-7,10,13,15H,2,4-5,8-9,11H2,1H3,(H2,17,18). The molecule has 1 aliphatic carbocycles. The first-order valence-corrected chi connectivity index (χ1v) is 7.47. The average Bonchev–Trinajstić information content (AvgIpc) is 3.07. The molecule has 3 nitrogen and oxygen atoms in total. The fourth-order valence-electron chi connectivity index (χ4n) is 3.56. The maximum Gasteiger partial charge on any atom is 0.192 e. The summed E-state index contributed by atoms with van der Waals surface area (Å²) in [5.41, 5.74) is 9.00. The summed E-state index contributed by atoms with van der Waals surface area (Å²) >= 11 is 0. The summed E-state index contributed by atoms with van der Waals surface area (Å²) in [6.07, 6.45) is 6.26. The highest BCUT2D eigenvalue weighted by Gasteiger charge is 2.35. The first kappa shape index (κ1) is 12.5. The molecule has 1 saturated carbocycles. The van der Waals surface area contributed by atoms with E-state index < -0.39 is 0 Å². The van der Waals surface area contributed by atoms with E-state index in [-0.39, 0.29) is 0 Å². The lowest BCUT2D eigenvalue weighted by molar-refractivity contribution is 0.261. The quantitative estimate of drug-likeness (QED) is 0.904. The van der Waals surface area contributed by atoms with Crippen LogP contribution in [0.3, 0.4) is 0 Å². The number of hydrogen-bond donors (Lipinski definition) is 1. The molecule has 1 heterocycles. The Bertz CT molecular complexity index is 475. The third-order valence-corrected chi connectivity index (χ3v) is 4.54. The van der Waals surface area contributed by atoms with Gasteiger partial charge in [-0.15, -0.1) is 0 Å². The summed E-state index contributed by atoms with van der Waals surface area (Å²) in [6.45, 7) is 3.04. The van der Waals surface area contributed by atoms with Crippen LogP contribution in [0.4, 0.5) is 0 Å². The Labute approximate surface area is 115 Å². The van der Waals surface area contributed by atoms with Crippen LogP contribution in [0.2, 0.25) is 0 Å². The average molecular weight is 257 g/mol. The van der Waals surface area contributed by atoms with Crippen molar-refractivity contribution in [2.45, 2.75) is 51.1 Å². The number of rotatable bonds is 3. The van der Waals surface area contributed by atoms with Crippen molar-refractivity contribution in [2.75, 3.05) is 6.54 Å². The zero-order valence-electron chi connectivity index (χ0n) is 11.7. The predicted octanol–water partition coefficient (Wildman–Crippen LogP) is 2.86. The van der Waals surface area contributed by atoms with Crippen molar-refractivity contribution in [2.24, 2.45) is 10.7 Å². The number of nitrogens with two attached hydrogens (primary N) is 1. The molecule has 1 aromatic carbocycles. The fourth-order valence-corrected chi connectivity index (χ4v) is 3.56. The van der Waals surface area contributed by atoms with E-state index in [2.05, 4.69) is 41.1 Å². The smallest absolute Gasteiger partial charge is 0.192 e. The second kappa shape index (κ2) is 5.24. The van der Waals surface area contributed by atoms with Crippen LogP contribution in [0.5, 0.6) is 0 Å². The molecule has 0 aromatic heterocycles. The van der Waals surface area contributed by atoms with Crippen LogP contribution < -0.4 is 5.73 Å². The number of hydrogen-bond acceptors (Lipinski definition) is 3. The number of guanidine groups is 1. The highest BCUT2D eigenvalue weighted by Crippen LogP contribution is 2.35. The van der Waals surface area contributed by atoms with Crippen molar-refractivity contribution in [3.8, 4) is 0 Å². The van der Waals surface area contributed by atoms with E-state index in [0.717, 1.165) is 18.9 Å². The molecule has 3 rings (SSSR count). The van der Waals surface area contributed by atoms with Crippen LogP contribution in [0.1, 0.15) is 49.8 Å². The van der Waals surface area contributed by atoms with Gasteiger partial charge in [-0.05, 0) is 30.4 Å². The topological polar surface area (TPSA) is 41.6 Å². The normalized spacial score (nSPS) is 23.9. The summed E-state index contributed by atoms with van der Waals surface area (Å²) in [6, 6.07) is 9.70. The van der Waals surface area contributed by atoms with Gasteiger partial charge in [0.25, 0.3) is 0 Å². The Morgan fingerprint density at radius 2 is 2.00 bits per heavy atom. The van der Waals surface area contributed by atoms with Crippen LogP contribution in [-0.2, 0) is 6.42 Å². The van der Waals surface area contributed by atoms with Crippen molar-refractivity contribution < 1.29 is 0 Å². The van der Waals surface area contributed by atoms with Gasteiger partial charge in [-0.1, -0.05) is 44.0 Å². The Kier molecular flexibility index (Phi) is 3.45. The van der Waals surface area contributed by atoms with E-state index in [1.807, 2.05) is 0 Å². The maximum atomic E-state index is 6.15. The molecule has 1 aliphatic heterocycles. The second-order valence-corrected chi connectivity index (χ2v) is 5.61. The fraction of sp³-hybridized carbons (Fsp3) is 0.562. The van der Waals surface area contributed by atoms with Crippen LogP contribution in [0, 0.1) is 0 Å². The van der Waals surface area contributed by atoms with Crippen molar-refractivity contribution in [1.29, 1.82) is 0 Å². The lowest BCUT2D eigenvalue weighted by Crippen LogP contribution is -2.42. The van der Waals surface area contributed by atoms with Gasteiger partial charge in [0, 0.05) is 6.04 Å². The van der Waals surface area contributed by atoms with E-state index in [0.29, 0.717) is 12.1 Å². The third-order valence-electron chi connectivity index (χ3n) is 4.54. The molecule has 0 amide bonds. The lowest BCUT2D eigenvalue weighted by atomic mass is 9.97. The maximum absolute atomic E-state index is 6.15. The van der Waals surface area contributed by atoms with E-state index >= 15 is 0 Å². The Morgan fingerprint density at radius 3 is 2.74 bits per heavy atom. The van der Waals surface area contributed by atoms with E-state index in [1.165, 1.54) is 36.8 Å². The van der Waals surface area contributed by atoms with Gasteiger partial charge in [0.05, 0.1) is 12.6 Å². The molecular formula is C16H23N3. The lowest BCUT2D eigenvalue weighted by Gasteiger charge is -2.33. The highest BCUT2D eigenvalue weighted by molar-refractivity contribution is 5.81. The molecule has 0 spiro atoms. The summed E-state index contributed by atoms with van der Waals surface area (Å²) in [4.78, 5) is 6.91. The molecular weight excluding hydrogens is 234 g/mol. The summed E-state index contributed by atoms with van der Waals surface area (Å²) < 4.78 is 0. The van der Waals surface area contributed by atoms with Gasteiger partial charge in [-0.25, -0.2) is 0 Å². The molecule has 0 radical (unpaired) electrons.